The average molecular weight is 510 g/mol. The van der Waals surface area contributed by atoms with E-state index in [9.17, 15) is 18.8 Å². The lowest BCUT2D eigenvalue weighted by molar-refractivity contribution is 0.0627. The molecule has 2 aliphatic rings. The third kappa shape index (κ3) is 7.76. The average Bonchev–Trinajstić information content (AvgIpc) is 3.68. The smallest absolute Gasteiger partial charge is 0.319 e. The third-order valence-corrected chi connectivity index (χ3v) is 6.46. The summed E-state index contributed by atoms with van der Waals surface area (Å²) in [5.41, 5.74) is 1.66. The lowest BCUT2D eigenvalue weighted by atomic mass is 10.1. The number of anilines is 1. The first-order valence-electron chi connectivity index (χ1n) is 12.8. The highest BCUT2D eigenvalue weighted by atomic mass is 19.1. The van der Waals surface area contributed by atoms with Crippen LogP contribution in [-0.2, 0) is 6.54 Å². The Bertz CT molecular complexity index is 1150. The molecular formula is C28H36FN5O3. The van der Waals surface area contributed by atoms with Crippen LogP contribution >= 0.6 is 0 Å². The van der Waals surface area contributed by atoms with E-state index in [0.29, 0.717) is 50.7 Å². The standard InChI is InChI=1S/C28H36FN5O3/c1-28(2,3)32-25(35)21-6-4-5-20(15-21)18-33-11-13-34(14-12-33)26(36)22-9-10-24(23(29)16-22)31-27(37)30-17-19-7-8-19/h4-6,9-10,15-16,19H,7-8,11-14,17-18H2,1-3H3,(H,32,35)(H2,30,31,37). The Hall–Kier alpha value is -3.46. The zero-order chi connectivity index (χ0) is 26.6. The first-order valence-corrected chi connectivity index (χ1v) is 12.8. The summed E-state index contributed by atoms with van der Waals surface area (Å²) in [5.74, 6) is -0.441. The van der Waals surface area contributed by atoms with Gasteiger partial charge in [-0.05, 0) is 75.4 Å². The minimum Gasteiger partial charge on any atom is -0.347 e. The van der Waals surface area contributed by atoms with Gasteiger partial charge in [0.15, 0.2) is 0 Å². The van der Waals surface area contributed by atoms with Crippen LogP contribution in [0.25, 0.3) is 0 Å². The van der Waals surface area contributed by atoms with Crippen molar-refractivity contribution in [1.29, 1.82) is 0 Å². The van der Waals surface area contributed by atoms with Crippen LogP contribution in [0.3, 0.4) is 0 Å². The summed E-state index contributed by atoms with van der Waals surface area (Å²) >= 11 is 0. The van der Waals surface area contributed by atoms with Gasteiger partial charge < -0.3 is 20.9 Å². The van der Waals surface area contributed by atoms with Crippen LogP contribution in [0.1, 0.15) is 59.9 Å². The Labute approximate surface area is 217 Å². The van der Waals surface area contributed by atoms with Gasteiger partial charge in [-0.3, -0.25) is 14.5 Å². The Morgan fingerprint density at radius 3 is 2.35 bits per heavy atom. The Kier molecular flexibility index (Phi) is 8.12. The Balaban J connectivity index is 1.27. The number of hydrogen-bond donors (Lipinski definition) is 3. The van der Waals surface area contributed by atoms with Crippen LogP contribution < -0.4 is 16.0 Å². The van der Waals surface area contributed by atoms with E-state index in [4.69, 9.17) is 0 Å². The first-order chi connectivity index (χ1) is 17.6. The van der Waals surface area contributed by atoms with Crippen LogP contribution in [-0.4, -0.2) is 65.9 Å². The Morgan fingerprint density at radius 2 is 1.70 bits per heavy atom. The summed E-state index contributed by atoms with van der Waals surface area (Å²) < 4.78 is 14.6. The van der Waals surface area contributed by atoms with E-state index in [2.05, 4.69) is 20.9 Å². The van der Waals surface area contributed by atoms with Crippen LogP contribution in [0.15, 0.2) is 42.5 Å². The van der Waals surface area contributed by atoms with Crippen molar-refractivity contribution in [2.24, 2.45) is 5.92 Å². The van der Waals surface area contributed by atoms with Gasteiger partial charge in [0, 0.05) is 55.9 Å². The third-order valence-electron chi connectivity index (χ3n) is 6.46. The normalized spacial score (nSPS) is 16.3. The fourth-order valence-electron chi connectivity index (χ4n) is 4.25. The van der Waals surface area contributed by atoms with E-state index >= 15 is 0 Å². The molecule has 0 atom stereocenters. The molecular weight excluding hydrogens is 473 g/mol. The maximum Gasteiger partial charge on any atom is 0.319 e. The number of carbonyl (C=O) groups is 3. The molecule has 0 radical (unpaired) electrons. The second-order valence-corrected chi connectivity index (χ2v) is 10.9. The van der Waals surface area contributed by atoms with Gasteiger partial charge >= 0.3 is 6.03 Å². The highest BCUT2D eigenvalue weighted by molar-refractivity contribution is 5.96. The number of halogens is 1. The number of urea groups is 1. The number of piperazine rings is 1. The number of hydrogen-bond acceptors (Lipinski definition) is 4. The Morgan fingerprint density at radius 1 is 0.973 bits per heavy atom. The van der Waals surface area contributed by atoms with Crippen molar-refractivity contribution in [3.8, 4) is 0 Å². The predicted molar refractivity (Wildman–Crippen MR) is 141 cm³/mol. The van der Waals surface area contributed by atoms with E-state index in [1.54, 1.807) is 11.0 Å². The molecule has 1 saturated heterocycles. The number of nitrogens with zero attached hydrogens (tertiary/aromatic N) is 2. The van der Waals surface area contributed by atoms with Gasteiger partial charge in [-0.25, -0.2) is 9.18 Å². The van der Waals surface area contributed by atoms with Crippen molar-refractivity contribution in [3.05, 3.63) is 65.0 Å². The zero-order valence-electron chi connectivity index (χ0n) is 21.8. The number of carbonyl (C=O) groups excluding carboxylic acids is 3. The highest BCUT2D eigenvalue weighted by Crippen LogP contribution is 2.27. The predicted octanol–water partition coefficient (Wildman–Crippen LogP) is 3.84. The summed E-state index contributed by atoms with van der Waals surface area (Å²) in [6, 6.07) is 11.3. The van der Waals surface area contributed by atoms with Crippen LogP contribution in [0.2, 0.25) is 0 Å². The quantitative estimate of drug-likeness (QED) is 0.529. The van der Waals surface area contributed by atoms with E-state index < -0.39 is 11.8 Å². The van der Waals surface area contributed by atoms with E-state index in [0.717, 1.165) is 18.4 Å². The second-order valence-electron chi connectivity index (χ2n) is 10.9. The summed E-state index contributed by atoms with van der Waals surface area (Å²) in [6.07, 6.45) is 2.23. The molecule has 1 heterocycles. The van der Waals surface area contributed by atoms with Crippen molar-refractivity contribution in [2.75, 3.05) is 38.0 Å². The molecule has 4 amide bonds. The van der Waals surface area contributed by atoms with E-state index in [1.807, 2.05) is 45.0 Å². The van der Waals surface area contributed by atoms with Gasteiger partial charge in [0.25, 0.3) is 11.8 Å². The second kappa shape index (κ2) is 11.3. The molecule has 8 nitrogen and oxygen atoms in total. The largest absolute Gasteiger partial charge is 0.347 e. The molecule has 2 aromatic rings. The van der Waals surface area contributed by atoms with Crippen molar-refractivity contribution < 1.29 is 18.8 Å². The van der Waals surface area contributed by atoms with Crippen molar-refractivity contribution in [1.82, 2.24) is 20.4 Å². The molecule has 3 N–H and O–H groups in total. The zero-order valence-corrected chi connectivity index (χ0v) is 21.8. The van der Waals surface area contributed by atoms with Crippen LogP contribution in [0.4, 0.5) is 14.9 Å². The molecule has 2 fully saturated rings. The molecule has 2 aromatic carbocycles. The molecule has 0 bridgehead atoms. The van der Waals surface area contributed by atoms with Gasteiger partial charge in [-0.15, -0.1) is 0 Å². The van der Waals surface area contributed by atoms with E-state index in [1.165, 1.54) is 12.1 Å². The highest BCUT2D eigenvalue weighted by Gasteiger charge is 2.24. The molecule has 0 unspecified atom stereocenters. The molecule has 0 spiro atoms. The van der Waals surface area contributed by atoms with Gasteiger partial charge in [0.05, 0.1) is 5.69 Å². The van der Waals surface area contributed by atoms with Gasteiger partial charge in [0.1, 0.15) is 5.82 Å². The summed E-state index contributed by atoms with van der Waals surface area (Å²) in [4.78, 5) is 41.4. The maximum absolute atomic E-state index is 14.6. The minimum absolute atomic E-state index is 0.0491. The molecule has 198 valence electrons. The molecule has 37 heavy (non-hydrogen) atoms. The molecule has 0 aromatic heterocycles. The summed E-state index contributed by atoms with van der Waals surface area (Å²) in [6.45, 7) is 9.51. The van der Waals surface area contributed by atoms with Crippen LogP contribution in [0, 0.1) is 11.7 Å². The van der Waals surface area contributed by atoms with Crippen molar-refractivity contribution in [2.45, 2.75) is 45.7 Å². The summed E-state index contributed by atoms with van der Waals surface area (Å²) in [5, 5.41) is 8.22. The van der Waals surface area contributed by atoms with E-state index in [-0.39, 0.29) is 28.6 Å². The number of rotatable bonds is 7. The monoisotopic (exact) mass is 509 g/mol. The number of benzene rings is 2. The molecule has 1 aliphatic heterocycles. The molecule has 9 heteroatoms. The minimum atomic E-state index is -0.638. The molecule has 4 rings (SSSR count). The van der Waals surface area contributed by atoms with Gasteiger partial charge in [0.2, 0.25) is 0 Å². The number of nitrogens with one attached hydrogen (secondary N) is 3. The lowest BCUT2D eigenvalue weighted by Gasteiger charge is -2.35. The lowest BCUT2D eigenvalue weighted by Crippen LogP contribution is -2.48. The first kappa shape index (κ1) is 26.6. The molecule has 1 saturated carbocycles. The van der Waals surface area contributed by atoms with Crippen LogP contribution in [0.5, 0.6) is 0 Å². The maximum atomic E-state index is 14.6. The number of amides is 4. The molecule has 1 aliphatic carbocycles. The topological polar surface area (TPSA) is 93.8 Å². The van der Waals surface area contributed by atoms with Crippen molar-refractivity contribution in [3.63, 3.8) is 0 Å². The van der Waals surface area contributed by atoms with Gasteiger partial charge in [-0.1, -0.05) is 12.1 Å². The SMILES string of the molecule is CC(C)(C)NC(=O)c1cccc(CN2CCN(C(=O)c3ccc(NC(=O)NCC4CC4)c(F)c3)CC2)c1. The summed E-state index contributed by atoms with van der Waals surface area (Å²) in [7, 11) is 0. The fourth-order valence-corrected chi connectivity index (χ4v) is 4.25. The fraction of sp³-hybridized carbons (Fsp3) is 0.464. The van der Waals surface area contributed by atoms with Crippen molar-refractivity contribution >= 4 is 23.5 Å². The van der Waals surface area contributed by atoms with Gasteiger partial charge in [-0.2, -0.15) is 0 Å².